The monoisotopic (exact) mass is 555 g/mol. The second-order valence-corrected chi connectivity index (χ2v) is 12.1. The zero-order valence-electron chi connectivity index (χ0n) is 21.4. The Morgan fingerprint density at radius 3 is 2.36 bits per heavy atom. The van der Waals surface area contributed by atoms with Gasteiger partial charge in [-0.2, -0.15) is 0 Å². The number of halogens is 2. The van der Waals surface area contributed by atoms with Crippen LogP contribution in [0.25, 0.3) is 0 Å². The Balaban J connectivity index is 2.19. The van der Waals surface area contributed by atoms with E-state index in [0.717, 1.165) is 21.7 Å². The number of rotatable bonds is 12. The maximum Gasteiger partial charge on any atom is 0.242 e. The maximum absolute atomic E-state index is 13.3. The molecule has 0 aliphatic carbocycles. The Bertz CT molecular complexity index is 1170. The summed E-state index contributed by atoms with van der Waals surface area (Å²) in [5.74, 6) is -0.190. The summed E-state index contributed by atoms with van der Waals surface area (Å²) in [5.41, 5.74) is 2.23. The summed E-state index contributed by atoms with van der Waals surface area (Å²) in [7, 11) is -3.67. The van der Waals surface area contributed by atoms with Crippen LogP contribution in [0.1, 0.15) is 44.7 Å². The molecule has 198 valence electrons. The molecule has 2 amide bonds. The molecule has 0 saturated heterocycles. The molecule has 0 spiro atoms. The van der Waals surface area contributed by atoms with Crippen molar-refractivity contribution in [2.75, 3.05) is 23.7 Å². The summed E-state index contributed by atoms with van der Waals surface area (Å²) >= 11 is 12.3. The lowest BCUT2D eigenvalue weighted by Crippen LogP contribution is -2.48. The summed E-state index contributed by atoms with van der Waals surface area (Å²) < 4.78 is 26.1. The quantitative estimate of drug-likeness (QED) is 0.397. The van der Waals surface area contributed by atoms with Crippen LogP contribution in [-0.4, -0.2) is 50.5 Å². The molecule has 2 aromatic carbocycles. The van der Waals surface area contributed by atoms with Crippen molar-refractivity contribution in [3.8, 4) is 0 Å². The van der Waals surface area contributed by atoms with Crippen molar-refractivity contribution in [1.82, 2.24) is 10.2 Å². The van der Waals surface area contributed by atoms with E-state index in [2.05, 4.69) is 5.32 Å². The summed E-state index contributed by atoms with van der Waals surface area (Å²) in [6.07, 6.45) is 1.37. The number of carbonyl (C=O) groups excluding carboxylic acids is 2. The predicted octanol–water partition coefficient (Wildman–Crippen LogP) is 5.04. The lowest BCUT2D eigenvalue weighted by Gasteiger charge is -2.30. The number of amides is 2. The number of nitrogens with zero attached hydrogens (tertiary/aromatic N) is 2. The topological polar surface area (TPSA) is 86.8 Å². The number of aryl methyl sites for hydroxylation is 1. The molecule has 0 bridgehead atoms. The van der Waals surface area contributed by atoms with Crippen LogP contribution in [0.4, 0.5) is 5.69 Å². The molecule has 1 N–H and O–H groups in total. The highest BCUT2D eigenvalue weighted by atomic mass is 35.5. The highest BCUT2D eigenvalue weighted by molar-refractivity contribution is 7.92. The number of nitrogens with one attached hydrogen (secondary N) is 1. The van der Waals surface area contributed by atoms with Gasteiger partial charge in [-0.25, -0.2) is 8.42 Å². The van der Waals surface area contributed by atoms with E-state index in [1.54, 1.807) is 17.9 Å². The van der Waals surface area contributed by atoms with Gasteiger partial charge in [-0.3, -0.25) is 13.9 Å². The zero-order valence-corrected chi connectivity index (χ0v) is 23.8. The SMILES string of the molecule is Cc1cccc(CN(C(=O)CCCN(c2cc(Cl)ccc2Cl)S(C)(=O)=O)C(C)C(=O)NCC(C)C)c1. The van der Waals surface area contributed by atoms with Crippen LogP contribution in [0.15, 0.2) is 42.5 Å². The van der Waals surface area contributed by atoms with Crippen LogP contribution in [-0.2, 0) is 26.2 Å². The van der Waals surface area contributed by atoms with Crippen LogP contribution < -0.4 is 9.62 Å². The second-order valence-electron chi connectivity index (χ2n) is 9.36. The number of benzene rings is 2. The molecule has 0 saturated carbocycles. The largest absolute Gasteiger partial charge is 0.354 e. The van der Waals surface area contributed by atoms with Crippen LogP contribution in [0.3, 0.4) is 0 Å². The number of anilines is 1. The van der Waals surface area contributed by atoms with E-state index in [4.69, 9.17) is 23.2 Å². The molecule has 36 heavy (non-hydrogen) atoms. The molecule has 0 aliphatic heterocycles. The lowest BCUT2D eigenvalue weighted by atomic mass is 10.1. The first-order valence-electron chi connectivity index (χ1n) is 11.8. The fourth-order valence-corrected chi connectivity index (χ4v) is 5.11. The summed E-state index contributed by atoms with van der Waals surface area (Å²) in [6.45, 7) is 8.50. The minimum absolute atomic E-state index is 0.0385. The van der Waals surface area contributed by atoms with Crippen molar-refractivity contribution in [2.24, 2.45) is 5.92 Å². The van der Waals surface area contributed by atoms with Gasteiger partial charge in [0.25, 0.3) is 0 Å². The molecule has 0 radical (unpaired) electrons. The van der Waals surface area contributed by atoms with Gasteiger partial charge < -0.3 is 10.2 Å². The third-order valence-corrected chi connectivity index (χ3v) is 7.35. The first kappa shape index (κ1) is 29.9. The van der Waals surface area contributed by atoms with Crippen LogP contribution in [0, 0.1) is 12.8 Å². The van der Waals surface area contributed by atoms with Gasteiger partial charge in [0.05, 0.1) is 17.0 Å². The van der Waals surface area contributed by atoms with E-state index in [1.165, 1.54) is 12.1 Å². The van der Waals surface area contributed by atoms with E-state index in [-0.39, 0.29) is 54.4 Å². The van der Waals surface area contributed by atoms with E-state index < -0.39 is 16.1 Å². The molecular formula is C26H35Cl2N3O4S. The minimum atomic E-state index is -3.67. The number of hydrogen-bond acceptors (Lipinski definition) is 4. The highest BCUT2D eigenvalue weighted by Gasteiger charge is 2.27. The van der Waals surface area contributed by atoms with Crippen molar-refractivity contribution in [3.63, 3.8) is 0 Å². The van der Waals surface area contributed by atoms with Crippen LogP contribution >= 0.6 is 23.2 Å². The van der Waals surface area contributed by atoms with E-state index in [0.29, 0.717) is 11.6 Å². The van der Waals surface area contributed by atoms with Gasteiger partial charge in [0.2, 0.25) is 21.8 Å². The van der Waals surface area contributed by atoms with Gasteiger partial charge in [0.1, 0.15) is 6.04 Å². The Morgan fingerprint density at radius 2 is 1.75 bits per heavy atom. The van der Waals surface area contributed by atoms with Crippen molar-refractivity contribution < 1.29 is 18.0 Å². The molecule has 0 aromatic heterocycles. The van der Waals surface area contributed by atoms with Crippen molar-refractivity contribution in [3.05, 3.63) is 63.6 Å². The zero-order chi connectivity index (χ0) is 27.0. The summed E-state index contributed by atoms with van der Waals surface area (Å²) in [4.78, 5) is 27.7. The van der Waals surface area contributed by atoms with Gasteiger partial charge in [-0.1, -0.05) is 66.9 Å². The van der Waals surface area contributed by atoms with Crippen LogP contribution in [0.5, 0.6) is 0 Å². The molecule has 1 atom stereocenters. The van der Waals surface area contributed by atoms with Crippen LogP contribution in [0.2, 0.25) is 10.0 Å². The van der Waals surface area contributed by atoms with E-state index in [1.807, 2.05) is 45.0 Å². The number of carbonyl (C=O) groups is 2. The van der Waals surface area contributed by atoms with Gasteiger partial charge in [-0.15, -0.1) is 0 Å². The van der Waals surface area contributed by atoms with Crippen molar-refractivity contribution in [2.45, 2.75) is 53.1 Å². The average Bonchev–Trinajstić information content (AvgIpc) is 2.79. The Labute approximate surface area is 224 Å². The molecule has 10 heteroatoms. The third kappa shape index (κ3) is 8.98. The van der Waals surface area contributed by atoms with Gasteiger partial charge in [0, 0.05) is 31.1 Å². The van der Waals surface area contributed by atoms with Crippen molar-refractivity contribution in [1.29, 1.82) is 0 Å². The number of hydrogen-bond donors (Lipinski definition) is 1. The lowest BCUT2D eigenvalue weighted by molar-refractivity contribution is -0.140. The van der Waals surface area contributed by atoms with Gasteiger partial charge >= 0.3 is 0 Å². The molecule has 0 heterocycles. The summed E-state index contributed by atoms with van der Waals surface area (Å²) in [6, 6.07) is 11.7. The summed E-state index contributed by atoms with van der Waals surface area (Å²) in [5, 5.41) is 3.49. The fourth-order valence-electron chi connectivity index (χ4n) is 3.70. The minimum Gasteiger partial charge on any atom is -0.354 e. The highest BCUT2D eigenvalue weighted by Crippen LogP contribution is 2.31. The standard InChI is InChI=1S/C26H35Cl2N3O4S/c1-18(2)16-29-26(33)20(4)30(17-21-9-6-8-19(3)14-21)25(32)10-7-13-31(36(5,34)35)24-15-22(27)11-12-23(24)28/h6,8-9,11-12,14-15,18,20H,7,10,13,16-17H2,1-5H3,(H,29,33). The first-order valence-corrected chi connectivity index (χ1v) is 14.5. The molecular weight excluding hydrogens is 521 g/mol. The average molecular weight is 557 g/mol. The first-order chi connectivity index (χ1) is 16.8. The molecule has 0 fully saturated rings. The van der Waals surface area contributed by atoms with E-state index in [9.17, 15) is 18.0 Å². The molecule has 2 aromatic rings. The Hall–Kier alpha value is -2.29. The third-order valence-electron chi connectivity index (χ3n) is 5.62. The van der Waals surface area contributed by atoms with E-state index >= 15 is 0 Å². The number of sulfonamides is 1. The van der Waals surface area contributed by atoms with Gasteiger partial charge in [0.15, 0.2) is 0 Å². The maximum atomic E-state index is 13.3. The molecule has 2 rings (SSSR count). The normalized spacial score (nSPS) is 12.3. The molecule has 7 nitrogen and oxygen atoms in total. The Kier molecular flexibility index (Phi) is 11.1. The second kappa shape index (κ2) is 13.3. The predicted molar refractivity (Wildman–Crippen MR) is 147 cm³/mol. The molecule has 0 aliphatic rings. The molecule has 1 unspecified atom stereocenters. The fraction of sp³-hybridized carbons (Fsp3) is 0.462. The van der Waals surface area contributed by atoms with Crippen molar-refractivity contribution >= 4 is 50.7 Å². The smallest absolute Gasteiger partial charge is 0.242 e. The van der Waals surface area contributed by atoms with Gasteiger partial charge in [-0.05, 0) is 49.9 Å². The Morgan fingerprint density at radius 1 is 1.06 bits per heavy atom.